The average molecular weight is 520 g/mol. The number of carboxylic acids is 1. The zero-order valence-corrected chi connectivity index (χ0v) is 19.7. The van der Waals surface area contributed by atoms with Crippen LogP contribution in [0.1, 0.15) is 18.9 Å². The Labute approximate surface area is 211 Å². The number of carboxylic acid groups (broad SMARTS) is 1. The number of Topliss-reactive ketones (excluding diaryl/α,β-unsaturated/α-hetero) is 1. The van der Waals surface area contributed by atoms with Gasteiger partial charge in [-0.2, -0.15) is 0 Å². The molecule has 0 unspecified atom stereocenters. The molecule has 5 N–H and O–H groups in total. The first-order chi connectivity index (χ1) is 17.6. The molecule has 0 amide bonds. The van der Waals surface area contributed by atoms with E-state index in [4.69, 9.17) is 18.9 Å². The summed E-state index contributed by atoms with van der Waals surface area (Å²) in [5, 5.41) is 49.4. The highest BCUT2D eigenvalue weighted by Crippen LogP contribution is 2.45. The predicted molar refractivity (Wildman–Crippen MR) is 122 cm³/mol. The van der Waals surface area contributed by atoms with Crippen molar-refractivity contribution < 1.29 is 58.9 Å². The molecular formula is C25H28O12. The van der Waals surface area contributed by atoms with E-state index in [0.29, 0.717) is 5.56 Å². The number of hydrogen-bond donors (Lipinski definition) is 5. The topological polar surface area (TPSA) is 189 Å². The van der Waals surface area contributed by atoms with E-state index in [9.17, 15) is 39.9 Å². The summed E-state index contributed by atoms with van der Waals surface area (Å²) in [6.45, 7) is 0.940. The monoisotopic (exact) mass is 520 g/mol. The molecule has 37 heavy (non-hydrogen) atoms. The molecule has 12 heteroatoms. The normalized spacial score (nSPS) is 35.5. The molecule has 12 nitrogen and oxygen atoms in total. The Balaban J connectivity index is 1.54. The number of phenolic OH excluding ortho intramolecular Hbond substituents is 1. The second-order valence-corrected chi connectivity index (χ2v) is 9.19. The Morgan fingerprint density at radius 3 is 2.49 bits per heavy atom. The van der Waals surface area contributed by atoms with Gasteiger partial charge in [-0.1, -0.05) is 19.1 Å². The van der Waals surface area contributed by atoms with Crippen molar-refractivity contribution in [3.63, 3.8) is 0 Å². The van der Waals surface area contributed by atoms with Crippen molar-refractivity contribution in [2.75, 3.05) is 6.61 Å². The number of hydrogen-bond acceptors (Lipinski definition) is 11. The lowest BCUT2D eigenvalue weighted by molar-refractivity contribution is -0.343. The first-order valence-electron chi connectivity index (χ1n) is 11.7. The van der Waals surface area contributed by atoms with Crippen molar-refractivity contribution in [1.29, 1.82) is 0 Å². The summed E-state index contributed by atoms with van der Waals surface area (Å²) in [4.78, 5) is 36.6. The molecule has 1 aliphatic carbocycles. The minimum Gasteiger partial charge on any atom is -0.508 e. The number of rotatable bonds is 7. The predicted octanol–water partition coefficient (Wildman–Crippen LogP) is -0.0611. The van der Waals surface area contributed by atoms with Crippen molar-refractivity contribution in [1.82, 2.24) is 0 Å². The maximum Gasteiger partial charge on any atom is 0.334 e. The first-order valence-corrected chi connectivity index (χ1v) is 11.7. The molecule has 0 bridgehead atoms. The Morgan fingerprint density at radius 1 is 1.14 bits per heavy atom. The summed E-state index contributed by atoms with van der Waals surface area (Å²) >= 11 is 0. The lowest BCUT2D eigenvalue weighted by Gasteiger charge is -2.43. The quantitative estimate of drug-likeness (QED) is 0.238. The van der Waals surface area contributed by atoms with Crippen LogP contribution in [0, 0.1) is 17.8 Å². The largest absolute Gasteiger partial charge is 0.508 e. The van der Waals surface area contributed by atoms with Gasteiger partial charge in [0.25, 0.3) is 0 Å². The minimum absolute atomic E-state index is 0.0141. The Bertz CT molecular complexity index is 1080. The molecular weight excluding hydrogens is 492 g/mol. The second kappa shape index (κ2) is 11.0. The number of benzene rings is 1. The van der Waals surface area contributed by atoms with Crippen LogP contribution in [0.2, 0.25) is 0 Å². The van der Waals surface area contributed by atoms with Gasteiger partial charge in [-0.15, -0.1) is 0 Å². The molecule has 2 aliphatic heterocycles. The SMILES string of the molecule is C[C@H]1C(=O)C[C@@H]2C(C(=O)O)=CO[C@@H](O[C@@H]3O[C@H](CO)[C@@H](O)[C@H](O)[C@H]3OC(=O)/C=C/c3ccc(O)cc3)[C@@H]21. The Kier molecular flexibility index (Phi) is 7.95. The highest BCUT2D eigenvalue weighted by molar-refractivity contribution is 5.91. The van der Waals surface area contributed by atoms with E-state index < -0.39 is 73.3 Å². The third-order valence-electron chi connectivity index (χ3n) is 6.91. The van der Waals surface area contributed by atoms with Crippen LogP contribution < -0.4 is 0 Å². The molecule has 200 valence electrons. The lowest BCUT2D eigenvalue weighted by Crippen LogP contribution is -2.61. The van der Waals surface area contributed by atoms with Crippen LogP contribution in [-0.2, 0) is 33.3 Å². The first kappa shape index (κ1) is 26.8. The van der Waals surface area contributed by atoms with Crippen molar-refractivity contribution in [3.05, 3.63) is 47.7 Å². The Morgan fingerprint density at radius 2 is 1.84 bits per heavy atom. The van der Waals surface area contributed by atoms with Crippen LogP contribution in [0.3, 0.4) is 0 Å². The summed E-state index contributed by atoms with van der Waals surface area (Å²) in [7, 11) is 0. The standard InChI is InChI=1S/C25H28O12/c1-11-16(28)8-14-15(23(32)33)10-34-24(19(11)14)37-25-22(21(31)20(30)17(9-26)35-25)36-18(29)7-4-12-2-5-13(27)6-3-12/h2-7,10-11,14,17,19-22,24-27,30-31H,8-9H2,1H3,(H,32,33)/b7-4+/t11-,14+,17+,19+,20+,21-,22+,24-,25-/m0/s1. The van der Waals surface area contributed by atoms with E-state index in [-0.39, 0.29) is 23.5 Å². The number of carbonyl (C=O) groups excluding carboxylic acids is 2. The van der Waals surface area contributed by atoms with Crippen LogP contribution in [0.4, 0.5) is 0 Å². The second-order valence-electron chi connectivity index (χ2n) is 9.19. The van der Waals surface area contributed by atoms with Gasteiger partial charge >= 0.3 is 11.9 Å². The van der Waals surface area contributed by atoms with E-state index in [1.807, 2.05) is 0 Å². The van der Waals surface area contributed by atoms with Gasteiger partial charge in [0.15, 0.2) is 6.10 Å². The van der Waals surface area contributed by atoms with Gasteiger partial charge in [-0.25, -0.2) is 9.59 Å². The molecule has 0 spiro atoms. The molecule has 1 aromatic rings. The summed E-state index contributed by atoms with van der Waals surface area (Å²) in [6.07, 6.45) is -5.46. The van der Waals surface area contributed by atoms with Crippen LogP contribution in [-0.4, -0.2) is 86.9 Å². The van der Waals surface area contributed by atoms with E-state index in [1.165, 1.54) is 18.2 Å². The third-order valence-corrected chi connectivity index (χ3v) is 6.91. The number of ether oxygens (including phenoxy) is 4. The number of fused-ring (bicyclic) bond motifs is 1. The summed E-state index contributed by atoms with van der Waals surface area (Å²) in [5.41, 5.74) is 0.504. The van der Waals surface area contributed by atoms with Crippen molar-refractivity contribution in [2.45, 2.75) is 50.3 Å². The number of carbonyl (C=O) groups is 3. The highest BCUT2D eigenvalue weighted by atomic mass is 16.8. The molecule has 1 saturated carbocycles. The molecule has 2 fully saturated rings. The third kappa shape index (κ3) is 5.53. The number of phenols is 1. The fourth-order valence-electron chi connectivity index (χ4n) is 4.84. The average Bonchev–Trinajstić information content (AvgIpc) is 3.17. The fraction of sp³-hybridized carbons (Fsp3) is 0.480. The zero-order valence-electron chi connectivity index (χ0n) is 19.7. The number of aliphatic hydroxyl groups excluding tert-OH is 3. The van der Waals surface area contributed by atoms with Crippen LogP contribution in [0.5, 0.6) is 5.75 Å². The van der Waals surface area contributed by atoms with Gasteiger partial charge in [-0.3, -0.25) is 4.79 Å². The van der Waals surface area contributed by atoms with Crippen LogP contribution in [0.15, 0.2) is 42.2 Å². The molecule has 4 rings (SSSR count). The van der Waals surface area contributed by atoms with Gasteiger partial charge in [-0.05, 0) is 23.8 Å². The van der Waals surface area contributed by atoms with Gasteiger partial charge in [0, 0.05) is 30.3 Å². The number of ketones is 1. The van der Waals surface area contributed by atoms with Crippen molar-refractivity contribution in [2.24, 2.45) is 17.8 Å². The van der Waals surface area contributed by atoms with E-state index >= 15 is 0 Å². The fourth-order valence-corrected chi connectivity index (χ4v) is 4.84. The van der Waals surface area contributed by atoms with Crippen LogP contribution >= 0.6 is 0 Å². The Hall–Kier alpha value is -3.29. The smallest absolute Gasteiger partial charge is 0.334 e. The van der Waals surface area contributed by atoms with E-state index in [2.05, 4.69) is 0 Å². The number of aromatic hydroxyl groups is 1. The van der Waals surface area contributed by atoms with Gasteiger partial charge in [0.05, 0.1) is 18.4 Å². The molecule has 3 aliphatic rings. The highest BCUT2D eigenvalue weighted by Gasteiger charge is 2.54. The van der Waals surface area contributed by atoms with Gasteiger partial charge in [0.1, 0.15) is 29.8 Å². The molecule has 1 saturated heterocycles. The van der Waals surface area contributed by atoms with Gasteiger partial charge in [0.2, 0.25) is 12.6 Å². The molecule has 0 aromatic heterocycles. The van der Waals surface area contributed by atoms with E-state index in [1.54, 1.807) is 19.1 Å². The van der Waals surface area contributed by atoms with E-state index in [0.717, 1.165) is 12.3 Å². The number of esters is 1. The maximum absolute atomic E-state index is 12.5. The maximum atomic E-state index is 12.5. The van der Waals surface area contributed by atoms with Gasteiger partial charge < -0.3 is 44.5 Å². The molecule has 2 heterocycles. The lowest BCUT2D eigenvalue weighted by atomic mass is 9.83. The zero-order chi connectivity index (χ0) is 26.9. The summed E-state index contributed by atoms with van der Waals surface area (Å²) in [5.74, 6) is -4.25. The summed E-state index contributed by atoms with van der Waals surface area (Å²) < 4.78 is 22.3. The molecule has 1 aromatic carbocycles. The number of aliphatic hydroxyl groups is 3. The number of aliphatic carboxylic acids is 1. The summed E-state index contributed by atoms with van der Waals surface area (Å²) in [6, 6.07) is 5.96. The molecule has 0 radical (unpaired) electrons. The molecule has 9 atom stereocenters. The van der Waals surface area contributed by atoms with Crippen molar-refractivity contribution >= 4 is 23.8 Å². The minimum atomic E-state index is -1.71. The van der Waals surface area contributed by atoms with Crippen LogP contribution in [0.25, 0.3) is 6.08 Å². The van der Waals surface area contributed by atoms with Crippen molar-refractivity contribution in [3.8, 4) is 5.75 Å².